The second-order valence-electron chi connectivity index (χ2n) is 10.4. The van der Waals surface area contributed by atoms with Crippen LogP contribution in [0.15, 0.2) is 12.1 Å². The van der Waals surface area contributed by atoms with Gasteiger partial charge in [0.15, 0.2) is 0 Å². The molecular weight excluding hydrogens is 474 g/mol. The van der Waals surface area contributed by atoms with E-state index in [2.05, 4.69) is 22.0 Å². The summed E-state index contributed by atoms with van der Waals surface area (Å²) in [5, 5.41) is 3.12. The van der Waals surface area contributed by atoms with E-state index in [-0.39, 0.29) is 23.8 Å². The predicted octanol–water partition coefficient (Wildman–Crippen LogP) is 3.63. The molecule has 1 aromatic carbocycles. The lowest BCUT2D eigenvalue weighted by Crippen LogP contribution is -2.54. The Bertz CT molecular complexity index is 1050. The lowest BCUT2D eigenvalue weighted by Gasteiger charge is -2.41. The Morgan fingerprint density at radius 2 is 1.79 bits per heavy atom. The first kappa shape index (κ1) is 25.5. The van der Waals surface area contributed by atoms with Gasteiger partial charge in [0.2, 0.25) is 11.8 Å². The van der Waals surface area contributed by atoms with Crippen molar-refractivity contribution in [2.24, 2.45) is 11.8 Å². The number of anilines is 1. The molecule has 0 unspecified atom stereocenters. The number of sulfone groups is 1. The molecule has 188 valence electrons. The molecule has 1 N–H and O–H groups in total. The smallest absolute Gasteiger partial charge is 0.227 e. The van der Waals surface area contributed by atoms with Crippen LogP contribution in [0, 0.1) is 18.8 Å². The molecule has 3 aliphatic rings. The van der Waals surface area contributed by atoms with Crippen molar-refractivity contribution in [3.8, 4) is 0 Å². The molecule has 0 radical (unpaired) electrons. The van der Waals surface area contributed by atoms with Crippen LogP contribution >= 0.6 is 11.6 Å². The fourth-order valence-corrected chi connectivity index (χ4v) is 6.95. The Hall–Kier alpha value is -1.64. The minimum Gasteiger partial charge on any atom is -0.337 e. The highest BCUT2D eigenvalue weighted by atomic mass is 35.5. The van der Waals surface area contributed by atoms with Gasteiger partial charge < -0.3 is 10.2 Å². The summed E-state index contributed by atoms with van der Waals surface area (Å²) in [7, 11) is -3.09. The first-order chi connectivity index (χ1) is 16.0. The fourth-order valence-electron chi connectivity index (χ4n) is 5.55. The Morgan fingerprint density at radius 3 is 2.41 bits per heavy atom. The summed E-state index contributed by atoms with van der Waals surface area (Å²) >= 11 is 6.40. The van der Waals surface area contributed by atoms with E-state index >= 15 is 0 Å². The van der Waals surface area contributed by atoms with Crippen molar-refractivity contribution in [2.75, 3.05) is 31.2 Å². The number of amides is 2. The molecule has 0 aromatic heterocycles. The zero-order valence-corrected chi connectivity index (χ0v) is 21.9. The number of nitrogens with zero attached hydrogens (tertiary/aromatic N) is 2. The summed E-state index contributed by atoms with van der Waals surface area (Å²) in [4.78, 5) is 30.0. The largest absolute Gasteiger partial charge is 0.337 e. The molecule has 1 heterocycles. The number of carbonyl (C=O) groups is 2. The number of rotatable bonds is 6. The van der Waals surface area contributed by atoms with Crippen LogP contribution in [0.2, 0.25) is 5.02 Å². The average Bonchev–Trinajstić information content (AvgIpc) is 3.24. The van der Waals surface area contributed by atoms with Gasteiger partial charge in [-0.15, -0.1) is 0 Å². The molecule has 1 atom stereocenters. The van der Waals surface area contributed by atoms with Gasteiger partial charge in [-0.2, -0.15) is 0 Å². The normalized spacial score (nSPS) is 26.4. The molecule has 3 fully saturated rings. The molecule has 0 bridgehead atoms. The van der Waals surface area contributed by atoms with Crippen molar-refractivity contribution >= 4 is 38.9 Å². The molecule has 1 aromatic rings. The van der Waals surface area contributed by atoms with Crippen molar-refractivity contribution in [3.63, 3.8) is 0 Å². The second-order valence-corrected chi connectivity index (χ2v) is 13.2. The average molecular weight is 510 g/mol. The topological polar surface area (TPSA) is 86.8 Å². The Labute approximate surface area is 208 Å². The van der Waals surface area contributed by atoms with Gasteiger partial charge in [-0.25, -0.2) is 8.42 Å². The van der Waals surface area contributed by atoms with Crippen molar-refractivity contribution in [1.29, 1.82) is 0 Å². The van der Waals surface area contributed by atoms with E-state index in [0.717, 1.165) is 56.4 Å². The maximum Gasteiger partial charge on any atom is 0.227 e. The summed E-state index contributed by atoms with van der Waals surface area (Å²) in [6.07, 6.45) is 6.35. The van der Waals surface area contributed by atoms with E-state index in [9.17, 15) is 18.0 Å². The minimum absolute atomic E-state index is 0.149. The van der Waals surface area contributed by atoms with E-state index in [0.29, 0.717) is 36.0 Å². The van der Waals surface area contributed by atoms with Gasteiger partial charge in [0.25, 0.3) is 0 Å². The minimum atomic E-state index is -3.09. The first-order valence-corrected chi connectivity index (χ1v) is 14.7. The lowest BCUT2D eigenvalue weighted by atomic mass is 9.84. The molecule has 2 aliphatic carbocycles. The quantitative estimate of drug-likeness (QED) is 0.632. The summed E-state index contributed by atoms with van der Waals surface area (Å²) in [6.45, 7) is 7.16. The van der Waals surface area contributed by atoms with Gasteiger partial charge in [-0.05, 0) is 62.8 Å². The highest BCUT2D eigenvalue weighted by Gasteiger charge is 2.40. The van der Waals surface area contributed by atoms with Gasteiger partial charge in [-0.3, -0.25) is 14.5 Å². The summed E-state index contributed by atoms with van der Waals surface area (Å²) < 4.78 is 23.3. The molecule has 2 saturated carbocycles. The van der Waals surface area contributed by atoms with Crippen LogP contribution in [0.5, 0.6) is 0 Å². The maximum atomic E-state index is 12.9. The highest BCUT2D eigenvalue weighted by molar-refractivity contribution is 7.91. The van der Waals surface area contributed by atoms with Gasteiger partial charge in [-0.1, -0.05) is 24.4 Å². The maximum absolute atomic E-state index is 12.9. The van der Waals surface area contributed by atoms with Gasteiger partial charge >= 0.3 is 0 Å². The summed E-state index contributed by atoms with van der Waals surface area (Å²) in [5.41, 5.74) is 2.69. The third-order valence-electron chi connectivity index (χ3n) is 7.90. The number of nitrogens with one attached hydrogen (secondary N) is 1. The van der Waals surface area contributed by atoms with E-state index in [1.807, 2.05) is 13.0 Å². The van der Waals surface area contributed by atoms with Crippen LogP contribution in [0.25, 0.3) is 0 Å². The zero-order chi connectivity index (χ0) is 24.6. The number of piperazine rings is 1. The van der Waals surface area contributed by atoms with Crippen molar-refractivity contribution < 1.29 is 18.0 Å². The molecule has 9 heteroatoms. The van der Waals surface area contributed by atoms with E-state index in [1.165, 1.54) is 6.26 Å². The SMILES string of the molecule is Cc1c(CN2CCN(C(=O)C3CCCC3)[C@@H](C)C2)cc(Cl)cc1NC(=O)C1CC(S(C)(=O)=O)C1. The Balaban J connectivity index is 1.37. The molecule has 4 rings (SSSR count). The highest BCUT2D eigenvalue weighted by Crippen LogP contribution is 2.35. The van der Waals surface area contributed by atoms with Crippen molar-refractivity contribution in [2.45, 2.75) is 70.2 Å². The lowest BCUT2D eigenvalue weighted by molar-refractivity contribution is -0.140. The standard InChI is InChI=1S/C25H36ClN3O4S/c1-16-14-28(8-9-29(16)25(31)18-6-4-5-7-18)15-20-10-21(26)13-23(17(20)2)27-24(30)19-11-22(12-19)34(3,32)33/h10,13,16,18-19,22H,4-9,11-12,14-15H2,1-3H3,(H,27,30)/t16-,19?,22?/m0/s1. The van der Waals surface area contributed by atoms with Crippen LogP contribution in [0.3, 0.4) is 0 Å². The van der Waals surface area contributed by atoms with Gasteiger partial charge in [0.05, 0.1) is 5.25 Å². The number of carbonyl (C=O) groups excluding carboxylic acids is 2. The van der Waals surface area contributed by atoms with Crippen LogP contribution in [0.4, 0.5) is 5.69 Å². The molecular formula is C25H36ClN3O4S. The van der Waals surface area contributed by atoms with Crippen LogP contribution < -0.4 is 5.32 Å². The van der Waals surface area contributed by atoms with E-state index < -0.39 is 15.1 Å². The van der Waals surface area contributed by atoms with Crippen LogP contribution in [-0.4, -0.2) is 67.2 Å². The van der Waals surface area contributed by atoms with E-state index in [1.54, 1.807) is 6.07 Å². The van der Waals surface area contributed by atoms with Crippen LogP contribution in [-0.2, 0) is 26.0 Å². The van der Waals surface area contributed by atoms with Gasteiger partial charge in [0, 0.05) is 61.0 Å². The number of hydrogen-bond acceptors (Lipinski definition) is 5. The number of hydrogen-bond donors (Lipinski definition) is 1. The first-order valence-electron chi connectivity index (χ1n) is 12.3. The number of benzene rings is 1. The molecule has 7 nitrogen and oxygen atoms in total. The van der Waals surface area contributed by atoms with Crippen LogP contribution in [0.1, 0.15) is 56.6 Å². The Kier molecular flexibility index (Phi) is 7.60. The van der Waals surface area contributed by atoms with Crippen molar-refractivity contribution in [1.82, 2.24) is 9.80 Å². The predicted molar refractivity (Wildman–Crippen MR) is 135 cm³/mol. The third kappa shape index (κ3) is 5.60. The summed E-state index contributed by atoms with van der Waals surface area (Å²) in [5.74, 6) is 0.0955. The fraction of sp³-hybridized carbons (Fsp3) is 0.680. The number of halogens is 1. The second kappa shape index (κ2) is 10.2. The van der Waals surface area contributed by atoms with E-state index in [4.69, 9.17) is 11.6 Å². The van der Waals surface area contributed by atoms with Crippen molar-refractivity contribution in [3.05, 3.63) is 28.3 Å². The molecule has 34 heavy (non-hydrogen) atoms. The molecule has 1 aliphatic heterocycles. The van der Waals surface area contributed by atoms with Gasteiger partial charge in [0.1, 0.15) is 9.84 Å². The molecule has 1 saturated heterocycles. The monoisotopic (exact) mass is 509 g/mol. The molecule has 0 spiro atoms. The Morgan fingerprint density at radius 1 is 1.12 bits per heavy atom. The zero-order valence-electron chi connectivity index (χ0n) is 20.3. The third-order valence-corrected chi connectivity index (χ3v) is 9.72. The molecule has 2 amide bonds. The summed E-state index contributed by atoms with van der Waals surface area (Å²) in [6, 6.07) is 3.87.